The van der Waals surface area contributed by atoms with Crippen molar-refractivity contribution in [2.75, 3.05) is 5.32 Å². The Balaban J connectivity index is 1.69. The van der Waals surface area contributed by atoms with Gasteiger partial charge in [-0.1, -0.05) is 25.4 Å². The first-order chi connectivity index (χ1) is 13.7. The number of phenols is 1. The summed E-state index contributed by atoms with van der Waals surface area (Å²) in [6.07, 6.45) is 1.67. The average molecular weight is 479 g/mol. The Hall–Kier alpha value is -2.51. The second kappa shape index (κ2) is 8.88. The molecule has 0 bridgehead atoms. The van der Waals surface area contributed by atoms with E-state index < -0.39 is 0 Å². The fourth-order valence-electron chi connectivity index (χ4n) is 2.78. The molecule has 0 atom stereocenters. The number of benzene rings is 2. The molecule has 2 aromatic carbocycles. The Bertz CT molecular complexity index is 1050. The molecule has 1 aromatic heterocycles. The molecule has 0 spiro atoms. The molecule has 3 rings (SSSR count). The topological polar surface area (TPSA) is 76.4 Å². The molecule has 1 amide bonds. The molecule has 6 nitrogen and oxygen atoms in total. The number of carbonyl (C=O) groups is 1. The zero-order valence-corrected chi connectivity index (χ0v) is 18.6. The van der Waals surface area contributed by atoms with Crippen molar-refractivity contribution in [2.24, 2.45) is 0 Å². The van der Waals surface area contributed by atoms with Crippen LogP contribution in [0.1, 0.15) is 41.4 Å². The first-order valence-corrected chi connectivity index (χ1v) is 10.2. The van der Waals surface area contributed by atoms with E-state index in [1.54, 1.807) is 42.6 Å². The summed E-state index contributed by atoms with van der Waals surface area (Å²) in [5.74, 6) is 0.650. The van der Waals surface area contributed by atoms with Gasteiger partial charge in [-0.05, 0) is 76.3 Å². The fraction of sp³-hybridized carbons (Fsp3) is 0.238. The van der Waals surface area contributed by atoms with Gasteiger partial charge in [0.2, 0.25) is 0 Å². The van der Waals surface area contributed by atoms with Gasteiger partial charge in [0.1, 0.15) is 11.5 Å². The molecule has 29 heavy (non-hydrogen) atoms. The molecule has 3 aromatic rings. The Kier molecular flexibility index (Phi) is 6.49. The van der Waals surface area contributed by atoms with E-state index >= 15 is 0 Å². The molecular formula is C21H21BrClN3O3. The van der Waals surface area contributed by atoms with Crippen LogP contribution in [0.2, 0.25) is 5.02 Å². The van der Waals surface area contributed by atoms with Crippen LogP contribution in [0.3, 0.4) is 0 Å². The molecule has 0 radical (unpaired) electrons. The summed E-state index contributed by atoms with van der Waals surface area (Å²) in [4.78, 5) is 12.6. The number of halogens is 2. The van der Waals surface area contributed by atoms with E-state index in [1.807, 2.05) is 20.8 Å². The number of amides is 1. The van der Waals surface area contributed by atoms with Crippen molar-refractivity contribution in [3.05, 3.63) is 68.9 Å². The summed E-state index contributed by atoms with van der Waals surface area (Å²) in [7, 11) is 0. The van der Waals surface area contributed by atoms with E-state index in [9.17, 15) is 9.90 Å². The van der Waals surface area contributed by atoms with Crippen molar-refractivity contribution in [3.8, 4) is 11.5 Å². The number of phenolic OH excluding ortho intramolecular Hbond substituents is 1. The molecular weight excluding hydrogens is 458 g/mol. The maximum Gasteiger partial charge on any atom is 0.276 e. The lowest BCUT2D eigenvalue weighted by Gasteiger charge is -2.14. The van der Waals surface area contributed by atoms with Crippen molar-refractivity contribution in [2.45, 2.75) is 33.4 Å². The zero-order valence-electron chi connectivity index (χ0n) is 16.2. The number of carbonyl (C=O) groups excluding carboxylic acids is 1. The first kappa shape index (κ1) is 21.2. The maximum absolute atomic E-state index is 12.6. The average Bonchev–Trinajstić information content (AvgIpc) is 3.12. The van der Waals surface area contributed by atoms with Crippen LogP contribution in [0.15, 0.2) is 47.1 Å². The number of hydrogen-bond donors (Lipinski definition) is 2. The number of ether oxygens (including phenoxy) is 1. The predicted octanol–water partition coefficient (Wildman–Crippen LogP) is 5.73. The third-order valence-electron chi connectivity index (χ3n) is 4.36. The molecule has 0 fully saturated rings. The summed E-state index contributed by atoms with van der Waals surface area (Å²) in [5.41, 5.74) is 2.46. The number of aromatic nitrogens is 2. The summed E-state index contributed by atoms with van der Waals surface area (Å²) >= 11 is 9.32. The van der Waals surface area contributed by atoms with Gasteiger partial charge in [-0.3, -0.25) is 4.79 Å². The smallest absolute Gasteiger partial charge is 0.276 e. The second-order valence-electron chi connectivity index (χ2n) is 6.92. The van der Waals surface area contributed by atoms with Crippen molar-refractivity contribution in [3.63, 3.8) is 0 Å². The van der Waals surface area contributed by atoms with Crippen LogP contribution in [-0.2, 0) is 6.73 Å². The number of nitrogens with one attached hydrogen (secondary N) is 1. The minimum absolute atomic E-state index is 0.134. The second-order valence-corrected chi connectivity index (χ2v) is 8.21. The molecule has 0 aliphatic carbocycles. The predicted molar refractivity (Wildman–Crippen MR) is 117 cm³/mol. The van der Waals surface area contributed by atoms with Gasteiger partial charge in [0, 0.05) is 16.9 Å². The molecule has 0 saturated heterocycles. The summed E-state index contributed by atoms with van der Waals surface area (Å²) in [5, 5.41) is 17.8. The largest absolute Gasteiger partial charge is 0.508 e. The lowest BCUT2D eigenvalue weighted by Crippen LogP contribution is -2.15. The van der Waals surface area contributed by atoms with Crippen LogP contribution in [0, 0.1) is 6.92 Å². The number of anilines is 1. The Morgan fingerprint density at radius 1 is 1.31 bits per heavy atom. The lowest BCUT2D eigenvalue weighted by molar-refractivity contribution is 0.102. The van der Waals surface area contributed by atoms with Crippen LogP contribution in [-0.4, -0.2) is 20.8 Å². The molecule has 0 unspecified atom stereocenters. The van der Waals surface area contributed by atoms with Crippen LogP contribution in [0.25, 0.3) is 0 Å². The fourth-order valence-corrected chi connectivity index (χ4v) is 3.57. The Labute approximate surface area is 182 Å². The number of rotatable bonds is 6. The quantitative estimate of drug-likeness (QED) is 0.444. The van der Waals surface area contributed by atoms with Gasteiger partial charge >= 0.3 is 0 Å². The minimum Gasteiger partial charge on any atom is -0.508 e. The SMILES string of the molecule is Cc1cc(O)c(C(C)C)cc1NC(=O)c1ccn(COc2ccc(Cl)cc2Br)n1. The van der Waals surface area contributed by atoms with Crippen LogP contribution < -0.4 is 10.1 Å². The Morgan fingerprint density at radius 3 is 2.76 bits per heavy atom. The molecule has 0 saturated carbocycles. The number of hydrogen-bond acceptors (Lipinski definition) is 4. The van der Waals surface area contributed by atoms with E-state index in [-0.39, 0.29) is 30.0 Å². The third kappa shape index (κ3) is 5.10. The van der Waals surface area contributed by atoms with E-state index in [4.69, 9.17) is 16.3 Å². The normalized spacial score (nSPS) is 11.0. The summed E-state index contributed by atoms with van der Waals surface area (Å²) < 4.78 is 7.96. The molecule has 0 aliphatic heterocycles. The molecule has 0 aliphatic rings. The maximum atomic E-state index is 12.6. The van der Waals surface area contributed by atoms with Gasteiger partial charge in [-0.15, -0.1) is 0 Å². The van der Waals surface area contributed by atoms with Crippen LogP contribution in [0.5, 0.6) is 11.5 Å². The highest BCUT2D eigenvalue weighted by molar-refractivity contribution is 9.10. The van der Waals surface area contributed by atoms with Gasteiger partial charge < -0.3 is 15.2 Å². The highest BCUT2D eigenvalue weighted by atomic mass is 79.9. The van der Waals surface area contributed by atoms with Crippen LogP contribution in [0.4, 0.5) is 5.69 Å². The van der Waals surface area contributed by atoms with Gasteiger partial charge in [-0.2, -0.15) is 5.10 Å². The number of nitrogens with zero attached hydrogens (tertiary/aromatic N) is 2. The number of aryl methyl sites for hydroxylation is 1. The number of aromatic hydroxyl groups is 1. The Morgan fingerprint density at radius 2 is 2.07 bits per heavy atom. The van der Waals surface area contributed by atoms with E-state index in [0.29, 0.717) is 16.5 Å². The molecule has 8 heteroatoms. The van der Waals surface area contributed by atoms with Crippen LogP contribution >= 0.6 is 27.5 Å². The summed E-state index contributed by atoms with van der Waals surface area (Å²) in [6.45, 7) is 5.94. The molecule has 152 valence electrons. The van der Waals surface area contributed by atoms with Gasteiger partial charge in [0.15, 0.2) is 12.4 Å². The van der Waals surface area contributed by atoms with Crippen molar-refractivity contribution < 1.29 is 14.6 Å². The van der Waals surface area contributed by atoms with Crippen molar-refractivity contribution >= 4 is 39.1 Å². The standard InChI is InChI=1S/C21H21BrClN3O3/c1-12(2)15-10-18(13(3)8-19(15)27)24-21(28)17-6-7-26(25-17)11-29-20-5-4-14(23)9-16(20)22/h4-10,12,27H,11H2,1-3H3,(H,24,28). The van der Waals surface area contributed by atoms with Crippen molar-refractivity contribution in [1.29, 1.82) is 0 Å². The van der Waals surface area contributed by atoms with Crippen molar-refractivity contribution in [1.82, 2.24) is 9.78 Å². The third-order valence-corrected chi connectivity index (χ3v) is 5.22. The van der Waals surface area contributed by atoms with E-state index in [0.717, 1.165) is 15.6 Å². The lowest BCUT2D eigenvalue weighted by atomic mass is 9.99. The minimum atomic E-state index is -0.333. The molecule has 2 N–H and O–H groups in total. The van der Waals surface area contributed by atoms with Gasteiger partial charge in [-0.25, -0.2) is 4.68 Å². The zero-order chi connectivity index (χ0) is 21.1. The highest BCUT2D eigenvalue weighted by Crippen LogP contribution is 2.31. The summed E-state index contributed by atoms with van der Waals surface area (Å²) in [6, 6.07) is 10.3. The van der Waals surface area contributed by atoms with Gasteiger partial charge in [0.25, 0.3) is 5.91 Å². The van der Waals surface area contributed by atoms with E-state index in [2.05, 4.69) is 26.3 Å². The molecule has 1 heterocycles. The monoisotopic (exact) mass is 477 g/mol. The highest BCUT2D eigenvalue weighted by Gasteiger charge is 2.15. The van der Waals surface area contributed by atoms with E-state index in [1.165, 1.54) is 4.68 Å². The first-order valence-electron chi connectivity index (χ1n) is 9.00. The van der Waals surface area contributed by atoms with Gasteiger partial charge in [0.05, 0.1) is 4.47 Å².